The van der Waals surface area contributed by atoms with Crippen LogP contribution in [0.1, 0.15) is 16.1 Å². The van der Waals surface area contributed by atoms with Gasteiger partial charge in [0.15, 0.2) is 11.4 Å². The van der Waals surface area contributed by atoms with Gasteiger partial charge in [0.25, 0.3) is 0 Å². The van der Waals surface area contributed by atoms with E-state index >= 15 is 0 Å². The van der Waals surface area contributed by atoms with Gasteiger partial charge in [0, 0.05) is 20.3 Å². The van der Waals surface area contributed by atoms with Gasteiger partial charge in [0.2, 0.25) is 0 Å². The van der Waals surface area contributed by atoms with Crippen LogP contribution in [0.5, 0.6) is 5.75 Å². The first-order valence-electron chi connectivity index (χ1n) is 7.34. The molecule has 0 aliphatic rings. The van der Waals surface area contributed by atoms with Crippen LogP contribution in [0.4, 0.5) is 5.82 Å². The van der Waals surface area contributed by atoms with Gasteiger partial charge < -0.3 is 15.2 Å². The van der Waals surface area contributed by atoms with Gasteiger partial charge in [-0.25, -0.2) is 9.78 Å². The molecule has 0 atom stereocenters. The van der Waals surface area contributed by atoms with Gasteiger partial charge in [0.05, 0.1) is 7.11 Å². The summed E-state index contributed by atoms with van der Waals surface area (Å²) in [5.41, 5.74) is 6.99. The molecule has 0 radical (unpaired) electrons. The molecule has 0 amide bonds. The standard InChI is InChI=1S/C18H14BrClN2O3/c1-24-18(23)15-16(25-9-10-5-3-2-4-6-10)12-7-11(20)8-13(19)14(12)17(21)22-15/h2-8H,9H2,1H3,(H2,21,22). The van der Waals surface area contributed by atoms with Crippen LogP contribution in [0.3, 0.4) is 0 Å². The lowest BCUT2D eigenvalue weighted by Crippen LogP contribution is -2.11. The number of pyridine rings is 1. The number of anilines is 1. The molecule has 0 aliphatic carbocycles. The SMILES string of the molecule is COC(=O)c1nc(N)c2c(Br)cc(Cl)cc2c1OCc1ccccc1. The molecule has 0 fully saturated rings. The molecule has 128 valence electrons. The topological polar surface area (TPSA) is 74.4 Å². The summed E-state index contributed by atoms with van der Waals surface area (Å²) in [6.07, 6.45) is 0. The van der Waals surface area contributed by atoms with Crippen molar-refractivity contribution in [3.05, 3.63) is 63.2 Å². The molecular formula is C18H14BrClN2O3. The van der Waals surface area contributed by atoms with Crippen molar-refractivity contribution in [1.82, 2.24) is 4.98 Å². The van der Waals surface area contributed by atoms with E-state index in [1.807, 2.05) is 30.3 Å². The van der Waals surface area contributed by atoms with Gasteiger partial charge in [-0.15, -0.1) is 0 Å². The number of carbonyl (C=O) groups excluding carboxylic acids is 1. The highest BCUT2D eigenvalue weighted by Crippen LogP contribution is 2.39. The molecule has 3 aromatic rings. The van der Waals surface area contributed by atoms with E-state index in [-0.39, 0.29) is 23.9 Å². The van der Waals surface area contributed by atoms with Crippen molar-refractivity contribution in [2.24, 2.45) is 0 Å². The fraction of sp³-hybridized carbons (Fsp3) is 0.111. The predicted octanol–water partition coefficient (Wildman–Crippen LogP) is 4.60. The molecular weight excluding hydrogens is 408 g/mol. The van der Waals surface area contributed by atoms with Crippen LogP contribution < -0.4 is 10.5 Å². The minimum Gasteiger partial charge on any atom is -0.486 e. The lowest BCUT2D eigenvalue weighted by molar-refractivity contribution is 0.0589. The number of nitrogens with two attached hydrogens (primary N) is 1. The molecule has 1 aromatic heterocycles. The number of ether oxygens (including phenoxy) is 2. The number of hydrogen-bond acceptors (Lipinski definition) is 5. The number of benzene rings is 2. The van der Waals surface area contributed by atoms with E-state index < -0.39 is 5.97 Å². The van der Waals surface area contributed by atoms with Crippen molar-refractivity contribution in [1.29, 1.82) is 0 Å². The average Bonchev–Trinajstić information content (AvgIpc) is 2.60. The molecule has 1 heterocycles. The van der Waals surface area contributed by atoms with Crippen molar-refractivity contribution in [2.75, 3.05) is 12.8 Å². The molecule has 0 unspecified atom stereocenters. The Labute approximate surface area is 157 Å². The summed E-state index contributed by atoms with van der Waals surface area (Å²) < 4.78 is 11.4. The number of esters is 1. The molecule has 7 heteroatoms. The number of nitrogens with zero attached hydrogens (tertiary/aromatic N) is 1. The van der Waals surface area contributed by atoms with Gasteiger partial charge in [-0.3, -0.25) is 0 Å². The lowest BCUT2D eigenvalue weighted by Gasteiger charge is -2.15. The normalized spacial score (nSPS) is 10.7. The summed E-state index contributed by atoms with van der Waals surface area (Å²) in [5.74, 6) is -0.165. The van der Waals surface area contributed by atoms with E-state index in [4.69, 9.17) is 26.8 Å². The molecule has 2 aromatic carbocycles. The van der Waals surface area contributed by atoms with Crippen LogP contribution in [0.2, 0.25) is 5.02 Å². The third-order valence-electron chi connectivity index (χ3n) is 3.61. The minimum atomic E-state index is -0.632. The van der Waals surface area contributed by atoms with Crippen LogP contribution in [-0.2, 0) is 11.3 Å². The Morgan fingerprint density at radius 3 is 2.68 bits per heavy atom. The van der Waals surface area contributed by atoms with Crippen molar-refractivity contribution < 1.29 is 14.3 Å². The van der Waals surface area contributed by atoms with Crippen LogP contribution in [-0.4, -0.2) is 18.1 Å². The fourth-order valence-corrected chi connectivity index (χ4v) is 3.49. The second-order valence-electron chi connectivity index (χ2n) is 5.25. The molecule has 0 aliphatic heterocycles. The summed E-state index contributed by atoms with van der Waals surface area (Å²) in [7, 11) is 1.28. The summed E-state index contributed by atoms with van der Waals surface area (Å²) in [4.78, 5) is 16.3. The van der Waals surface area contributed by atoms with Gasteiger partial charge in [-0.1, -0.05) is 41.9 Å². The zero-order valence-electron chi connectivity index (χ0n) is 13.3. The van der Waals surface area contributed by atoms with E-state index in [1.54, 1.807) is 12.1 Å². The van der Waals surface area contributed by atoms with Crippen LogP contribution >= 0.6 is 27.5 Å². The maximum absolute atomic E-state index is 12.1. The Balaban J connectivity index is 2.18. The number of halogens is 2. The van der Waals surface area contributed by atoms with E-state index in [1.165, 1.54) is 7.11 Å². The highest BCUT2D eigenvalue weighted by atomic mass is 79.9. The zero-order valence-corrected chi connectivity index (χ0v) is 15.6. The first-order valence-corrected chi connectivity index (χ1v) is 8.51. The maximum atomic E-state index is 12.1. The predicted molar refractivity (Wildman–Crippen MR) is 101 cm³/mol. The molecule has 0 spiro atoms. The van der Waals surface area contributed by atoms with Gasteiger partial charge in [-0.05, 0) is 33.6 Å². The van der Waals surface area contributed by atoms with E-state index in [2.05, 4.69) is 20.9 Å². The van der Waals surface area contributed by atoms with Crippen molar-refractivity contribution in [2.45, 2.75) is 6.61 Å². The quantitative estimate of drug-likeness (QED) is 0.623. The highest BCUT2D eigenvalue weighted by Gasteiger charge is 2.22. The van der Waals surface area contributed by atoms with Gasteiger partial charge >= 0.3 is 5.97 Å². The Morgan fingerprint density at radius 2 is 2.00 bits per heavy atom. The monoisotopic (exact) mass is 420 g/mol. The molecule has 0 saturated heterocycles. The van der Waals surface area contributed by atoms with Crippen LogP contribution in [0, 0.1) is 0 Å². The number of fused-ring (bicyclic) bond motifs is 1. The number of aromatic nitrogens is 1. The highest BCUT2D eigenvalue weighted by molar-refractivity contribution is 9.10. The number of methoxy groups -OCH3 is 1. The Hall–Kier alpha value is -2.31. The fourth-order valence-electron chi connectivity index (χ4n) is 2.48. The van der Waals surface area contributed by atoms with E-state index in [0.717, 1.165) is 5.56 Å². The third kappa shape index (κ3) is 3.55. The summed E-state index contributed by atoms with van der Waals surface area (Å²) >= 11 is 9.60. The molecule has 2 N–H and O–H groups in total. The van der Waals surface area contributed by atoms with Crippen LogP contribution in [0.25, 0.3) is 10.8 Å². The summed E-state index contributed by atoms with van der Waals surface area (Å²) in [6.45, 7) is 0.260. The molecule has 5 nitrogen and oxygen atoms in total. The number of rotatable bonds is 4. The van der Waals surface area contributed by atoms with Crippen molar-refractivity contribution in [3.8, 4) is 5.75 Å². The largest absolute Gasteiger partial charge is 0.486 e. The molecule has 0 bridgehead atoms. The molecule has 3 rings (SSSR count). The molecule has 25 heavy (non-hydrogen) atoms. The Kier molecular flexibility index (Phi) is 5.11. The first-order chi connectivity index (χ1) is 12.0. The second kappa shape index (κ2) is 7.29. The lowest BCUT2D eigenvalue weighted by atomic mass is 10.1. The number of nitrogen functional groups attached to an aromatic ring is 1. The Morgan fingerprint density at radius 1 is 1.28 bits per heavy atom. The maximum Gasteiger partial charge on any atom is 0.360 e. The van der Waals surface area contributed by atoms with Crippen molar-refractivity contribution >= 4 is 50.1 Å². The second-order valence-corrected chi connectivity index (χ2v) is 6.54. The minimum absolute atomic E-state index is 0.0117. The first kappa shape index (κ1) is 17.5. The van der Waals surface area contributed by atoms with E-state index in [9.17, 15) is 4.79 Å². The average molecular weight is 422 g/mol. The van der Waals surface area contributed by atoms with Crippen LogP contribution in [0.15, 0.2) is 46.9 Å². The molecule has 0 saturated carbocycles. The number of carbonyl (C=O) groups is 1. The van der Waals surface area contributed by atoms with E-state index in [0.29, 0.717) is 20.3 Å². The zero-order chi connectivity index (χ0) is 18.0. The summed E-state index contributed by atoms with van der Waals surface area (Å²) in [6, 6.07) is 13.0. The number of hydrogen-bond donors (Lipinski definition) is 1. The summed E-state index contributed by atoms with van der Waals surface area (Å²) in [5, 5.41) is 1.69. The smallest absolute Gasteiger partial charge is 0.360 e. The van der Waals surface area contributed by atoms with Gasteiger partial charge in [-0.2, -0.15) is 0 Å². The van der Waals surface area contributed by atoms with Gasteiger partial charge in [0.1, 0.15) is 12.4 Å². The van der Waals surface area contributed by atoms with Crippen molar-refractivity contribution in [3.63, 3.8) is 0 Å². The Bertz CT molecular complexity index is 948. The third-order valence-corrected chi connectivity index (χ3v) is 4.45.